The Bertz CT molecular complexity index is 768. The number of rotatable bonds is 4. The molecule has 118 valence electrons. The highest BCUT2D eigenvalue weighted by atomic mass is 35.5. The van der Waals surface area contributed by atoms with Crippen molar-refractivity contribution in [2.24, 2.45) is 0 Å². The first-order valence-corrected chi connectivity index (χ1v) is 7.40. The van der Waals surface area contributed by atoms with Crippen LogP contribution in [0.4, 0.5) is 0 Å². The third kappa shape index (κ3) is 3.67. The Labute approximate surface area is 134 Å². The van der Waals surface area contributed by atoms with Crippen molar-refractivity contribution in [3.63, 3.8) is 0 Å². The van der Waals surface area contributed by atoms with Gasteiger partial charge in [-0.05, 0) is 24.6 Å². The average molecular weight is 324 g/mol. The molecule has 5 nitrogen and oxygen atoms in total. The predicted molar refractivity (Wildman–Crippen MR) is 86.4 cm³/mol. The number of benzene rings is 1. The van der Waals surface area contributed by atoms with Crippen LogP contribution >= 0.6 is 11.6 Å². The third-order valence-corrected chi connectivity index (χ3v) is 3.96. The Morgan fingerprint density at radius 2 is 2.00 bits per heavy atom. The van der Waals surface area contributed by atoms with Gasteiger partial charge in [0.05, 0.1) is 7.05 Å². The zero-order valence-corrected chi connectivity index (χ0v) is 14.0. The zero-order valence-electron chi connectivity index (χ0n) is 13.2. The van der Waals surface area contributed by atoms with E-state index in [1.54, 1.807) is 25.1 Å². The van der Waals surface area contributed by atoms with Gasteiger partial charge < -0.3 is 14.2 Å². The Hall–Kier alpha value is -1.85. The number of hydrogen-bond donors (Lipinski definition) is 1. The van der Waals surface area contributed by atoms with Crippen LogP contribution in [0.3, 0.4) is 0 Å². The standard InChI is InChI=1S/C16H19ClN2O3/c1-10-5-14-12(7-13(10)17)11(6-16(21)22-14)8-19(4)9-15(20)18(2)3/h5-7H,8-9H2,1-4H3/p+1. The van der Waals surface area contributed by atoms with Gasteiger partial charge in [-0.25, -0.2) is 4.79 Å². The number of nitrogens with zero attached hydrogens (tertiary/aromatic N) is 1. The summed E-state index contributed by atoms with van der Waals surface area (Å²) in [6.07, 6.45) is 0. The predicted octanol–water partition coefficient (Wildman–Crippen LogP) is 0.858. The van der Waals surface area contributed by atoms with E-state index in [2.05, 4.69) is 0 Å². The molecule has 0 saturated carbocycles. The Balaban J connectivity index is 2.36. The molecule has 6 heteroatoms. The molecule has 0 aliphatic carbocycles. The highest BCUT2D eigenvalue weighted by molar-refractivity contribution is 6.32. The van der Waals surface area contributed by atoms with Crippen molar-refractivity contribution in [3.8, 4) is 0 Å². The Morgan fingerprint density at radius 3 is 2.64 bits per heavy atom. The van der Waals surface area contributed by atoms with E-state index in [-0.39, 0.29) is 5.91 Å². The van der Waals surface area contributed by atoms with E-state index in [0.717, 1.165) is 21.4 Å². The van der Waals surface area contributed by atoms with E-state index in [1.165, 1.54) is 6.07 Å². The number of fused-ring (bicyclic) bond motifs is 1. The van der Waals surface area contributed by atoms with Crippen molar-refractivity contribution in [3.05, 3.63) is 44.8 Å². The van der Waals surface area contributed by atoms with Gasteiger partial charge in [-0.3, -0.25) is 4.79 Å². The molecule has 22 heavy (non-hydrogen) atoms. The molecule has 0 fully saturated rings. The number of carbonyl (C=O) groups is 1. The van der Waals surface area contributed by atoms with Gasteiger partial charge in [-0.2, -0.15) is 0 Å². The third-order valence-electron chi connectivity index (χ3n) is 3.55. The molecular weight excluding hydrogens is 304 g/mol. The molecule has 2 rings (SSSR count). The number of amides is 1. The van der Waals surface area contributed by atoms with Crippen molar-refractivity contribution in [2.45, 2.75) is 13.5 Å². The molecular formula is C16H20ClN2O3+. The molecule has 1 heterocycles. The second-order valence-electron chi connectivity index (χ2n) is 5.79. The molecule has 1 N–H and O–H groups in total. The van der Waals surface area contributed by atoms with E-state index in [9.17, 15) is 9.59 Å². The number of quaternary nitrogens is 1. The van der Waals surface area contributed by atoms with E-state index < -0.39 is 5.63 Å². The van der Waals surface area contributed by atoms with Crippen molar-refractivity contribution in [1.29, 1.82) is 0 Å². The summed E-state index contributed by atoms with van der Waals surface area (Å²) in [6.45, 7) is 2.76. The Kier molecular flexibility index (Phi) is 4.88. The number of halogens is 1. The molecule has 2 aromatic rings. The van der Waals surface area contributed by atoms with Gasteiger partial charge in [0.1, 0.15) is 12.1 Å². The zero-order chi connectivity index (χ0) is 16.4. The van der Waals surface area contributed by atoms with Crippen LogP contribution in [0.1, 0.15) is 11.1 Å². The maximum atomic E-state index is 11.8. The number of hydrogen-bond acceptors (Lipinski definition) is 3. The van der Waals surface area contributed by atoms with Gasteiger partial charge in [-0.1, -0.05) is 11.6 Å². The van der Waals surface area contributed by atoms with Crippen LogP contribution in [0.25, 0.3) is 11.0 Å². The summed E-state index contributed by atoms with van der Waals surface area (Å²) in [6, 6.07) is 5.05. The van der Waals surface area contributed by atoms with Crippen molar-refractivity contribution < 1.29 is 14.1 Å². The fourth-order valence-electron chi connectivity index (χ4n) is 2.30. The quantitative estimate of drug-likeness (QED) is 0.849. The molecule has 0 saturated heterocycles. The highest BCUT2D eigenvalue weighted by Crippen LogP contribution is 2.24. The molecule has 0 aliphatic heterocycles. The molecule has 0 bridgehead atoms. The van der Waals surface area contributed by atoms with E-state index in [1.807, 2.05) is 20.0 Å². The highest BCUT2D eigenvalue weighted by Gasteiger charge is 2.15. The Morgan fingerprint density at radius 1 is 1.32 bits per heavy atom. The van der Waals surface area contributed by atoms with Crippen molar-refractivity contribution in [1.82, 2.24) is 4.90 Å². The van der Waals surface area contributed by atoms with Gasteiger partial charge in [0, 0.05) is 36.1 Å². The molecule has 0 spiro atoms. The molecule has 1 unspecified atom stereocenters. The first-order chi connectivity index (χ1) is 10.3. The van der Waals surface area contributed by atoms with Gasteiger partial charge in [0.15, 0.2) is 6.54 Å². The van der Waals surface area contributed by atoms with Crippen LogP contribution in [0.5, 0.6) is 0 Å². The lowest BCUT2D eigenvalue weighted by Crippen LogP contribution is -3.08. The summed E-state index contributed by atoms with van der Waals surface area (Å²) < 4.78 is 5.24. The molecule has 1 atom stereocenters. The molecule has 0 aliphatic rings. The SMILES string of the molecule is Cc1cc2oc(=O)cc(C[NH+](C)CC(=O)N(C)C)c2cc1Cl. The van der Waals surface area contributed by atoms with Crippen LogP contribution < -0.4 is 10.5 Å². The number of aryl methyl sites for hydroxylation is 1. The summed E-state index contributed by atoms with van der Waals surface area (Å²) in [4.78, 5) is 26.0. The number of likely N-dealkylation sites (N-methyl/N-ethyl adjacent to an activating group) is 2. The summed E-state index contributed by atoms with van der Waals surface area (Å²) >= 11 is 6.17. The van der Waals surface area contributed by atoms with Gasteiger partial charge in [0.25, 0.3) is 5.91 Å². The van der Waals surface area contributed by atoms with Crippen molar-refractivity contribution >= 4 is 28.5 Å². The maximum Gasteiger partial charge on any atom is 0.336 e. The normalized spacial score (nSPS) is 12.4. The largest absolute Gasteiger partial charge is 0.423 e. The van der Waals surface area contributed by atoms with Gasteiger partial charge in [0.2, 0.25) is 0 Å². The number of nitrogens with one attached hydrogen (secondary N) is 1. The minimum absolute atomic E-state index is 0.0404. The van der Waals surface area contributed by atoms with Crippen molar-refractivity contribution in [2.75, 3.05) is 27.7 Å². The first-order valence-electron chi connectivity index (χ1n) is 7.02. The summed E-state index contributed by atoms with van der Waals surface area (Å²) in [7, 11) is 5.37. The fourth-order valence-corrected chi connectivity index (χ4v) is 2.46. The molecule has 1 amide bonds. The maximum absolute atomic E-state index is 11.8. The lowest BCUT2D eigenvalue weighted by molar-refractivity contribution is -0.885. The topological polar surface area (TPSA) is 55.0 Å². The van der Waals surface area contributed by atoms with Crippen LogP contribution in [-0.4, -0.2) is 38.5 Å². The van der Waals surface area contributed by atoms with Crippen LogP contribution in [0.15, 0.2) is 27.4 Å². The summed E-state index contributed by atoms with van der Waals surface area (Å²) in [5.74, 6) is 0.0404. The van der Waals surface area contributed by atoms with E-state index in [4.69, 9.17) is 16.0 Å². The smallest absolute Gasteiger partial charge is 0.336 e. The summed E-state index contributed by atoms with van der Waals surface area (Å²) in [5, 5.41) is 1.44. The molecule has 1 aromatic carbocycles. The van der Waals surface area contributed by atoms with E-state index in [0.29, 0.717) is 23.7 Å². The average Bonchev–Trinajstić information content (AvgIpc) is 2.40. The summed E-state index contributed by atoms with van der Waals surface area (Å²) in [5.41, 5.74) is 1.82. The lowest BCUT2D eigenvalue weighted by Gasteiger charge is -2.17. The van der Waals surface area contributed by atoms with Gasteiger partial charge in [-0.15, -0.1) is 0 Å². The second kappa shape index (κ2) is 6.50. The lowest BCUT2D eigenvalue weighted by atomic mass is 10.1. The fraction of sp³-hybridized carbons (Fsp3) is 0.375. The minimum atomic E-state index is -0.393. The number of carbonyl (C=O) groups excluding carboxylic acids is 1. The van der Waals surface area contributed by atoms with Crippen LogP contribution in [0.2, 0.25) is 5.02 Å². The molecule has 0 radical (unpaired) electrons. The minimum Gasteiger partial charge on any atom is -0.423 e. The van der Waals surface area contributed by atoms with Gasteiger partial charge >= 0.3 is 5.63 Å². The van der Waals surface area contributed by atoms with Crippen LogP contribution in [0, 0.1) is 6.92 Å². The van der Waals surface area contributed by atoms with Crippen LogP contribution in [-0.2, 0) is 11.3 Å². The van der Waals surface area contributed by atoms with E-state index >= 15 is 0 Å². The monoisotopic (exact) mass is 323 g/mol. The molecule has 1 aromatic heterocycles. The first kappa shape index (κ1) is 16.5. The second-order valence-corrected chi connectivity index (χ2v) is 6.19.